The van der Waals surface area contributed by atoms with Gasteiger partial charge < -0.3 is 14.5 Å². The predicted octanol–water partition coefficient (Wildman–Crippen LogP) is 5.08. The standard InChI is InChI=1S/C29H27ClN2O5S/c1-2-37-29(35)21-8-6-14-31(18-21)27(33)20-12-13-26-24(16-20)32(17-19-7-5-9-22(30)15-19)28(34)23-10-3-4-11-25(23)38(26)36/h3-5,7,9-13,15-16,21H,2,6,8,14,17-18H2,1H3/t21-,38+/m1/s1. The number of benzene rings is 3. The Morgan fingerprint density at radius 1 is 1.05 bits per heavy atom. The molecule has 3 aromatic rings. The first-order chi connectivity index (χ1) is 18.4. The third-order valence-corrected chi connectivity index (χ3v) is 8.55. The van der Waals surface area contributed by atoms with Crippen molar-refractivity contribution in [3.8, 4) is 0 Å². The molecule has 0 unspecified atom stereocenters. The van der Waals surface area contributed by atoms with Gasteiger partial charge in [0, 0.05) is 23.7 Å². The second kappa shape index (κ2) is 11.1. The van der Waals surface area contributed by atoms with E-state index in [0.29, 0.717) is 57.6 Å². The molecule has 196 valence electrons. The molecule has 2 aliphatic rings. The van der Waals surface area contributed by atoms with Crippen LogP contribution in [0.15, 0.2) is 76.5 Å². The first-order valence-corrected chi connectivity index (χ1v) is 14.1. The lowest BCUT2D eigenvalue weighted by molar-refractivity contribution is -0.149. The van der Waals surface area contributed by atoms with Gasteiger partial charge in [-0.15, -0.1) is 0 Å². The van der Waals surface area contributed by atoms with Crippen LogP contribution in [-0.2, 0) is 26.9 Å². The number of hydrogen-bond acceptors (Lipinski definition) is 5. The van der Waals surface area contributed by atoms with Crippen LogP contribution in [0.1, 0.15) is 46.0 Å². The van der Waals surface area contributed by atoms with Crippen LogP contribution in [0.25, 0.3) is 0 Å². The summed E-state index contributed by atoms with van der Waals surface area (Å²) in [6.07, 6.45) is 1.37. The van der Waals surface area contributed by atoms with Crippen molar-refractivity contribution in [3.05, 3.63) is 88.4 Å². The van der Waals surface area contributed by atoms with Gasteiger partial charge in [0.1, 0.15) is 0 Å². The average molecular weight is 551 g/mol. The molecule has 0 aliphatic carbocycles. The largest absolute Gasteiger partial charge is 0.466 e. The van der Waals surface area contributed by atoms with Gasteiger partial charge >= 0.3 is 5.97 Å². The number of likely N-dealkylation sites (tertiary alicyclic amines) is 1. The van der Waals surface area contributed by atoms with Crippen molar-refractivity contribution in [2.24, 2.45) is 5.92 Å². The molecule has 2 amide bonds. The summed E-state index contributed by atoms with van der Waals surface area (Å²) in [5.41, 5.74) is 1.92. The zero-order valence-electron chi connectivity index (χ0n) is 20.9. The summed E-state index contributed by atoms with van der Waals surface area (Å²) in [4.78, 5) is 43.8. The number of amides is 2. The number of carbonyl (C=O) groups is 3. The quantitative estimate of drug-likeness (QED) is 0.414. The first kappa shape index (κ1) is 26.1. The minimum absolute atomic E-state index is 0.185. The Hall–Kier alpha value is -3.49. The van der Waals surface area contributed by atoms with Crippen molar-refractivity contribution >= 4 is 45.9 Å². The van der Waals surface area contributed by atoms with Gasteiger partial charge in [-0.1, -0.05) is 35.9 Å². The number of anilines is 1. The maximum absolute atomic E-state index is 13.8. The van der Waals surface area contributed by atoms with Gasteiger partial charge in [0.15, 0.2) is 0 Å². The molecular formula is C29H27ClN2O5S. The predicted molar refractivity (Wildman–Crippen MR) is 145 cm³/mol. The summed E-state index contributed by atoms with van der Waals surface area (Å²) in [5, 5.41) is 0.541. The minimum atomic E-state index is -1.63. The lowest BCUT2D eigenvalue weighted by atomic mass is 9.97. The fourth-order valence-corrected chi connectivity index (χ4v) is 6.53. The second-order valence-electron chi connectivity index (χ2n) is 9.31. The molecule has 2 aliphatic heterocycles. The SMILES string of the molecule is CCOC(=O)[C@@H]1CCCN(C(=O)c2ccc3c(c2)N(Cc2cccc(Cl)c2)C(=O)c2ccccc2[S@@]3=O)C1. The van der Waals surface area contributed by atoms with Crippen LogP contribution in [0.5, 0.6) is 0 Å². The molecule has 0 saturated carbocycles. The molecule has 9 heteroatoms. The van der Waals surface area contributed by atoms with Crippen molar-refractivity contribution in [1.82, 2.24) is 4.90 Å². The van der Waals surface area contributed by atoms with E-state index in [1.54, 1.807) is 71.3 Å². The molecule has 0 aromatic heterocycles. The number of carbonyl (C=O) groups excluding carboxylic acids is 3. The van der Waals surface area contributed by atoms with Gasteiger partial charge in [-0.3, -0.25) is 14.4 Å². The third-order valence-electron chi connectivity index (χ3n) is 6.82. The molecule has 38 heavy (non-hydrogen) atoms. The van der Waals surface area contributed by atoms with Gasteiger partial charge in [0.05, 0.1) is 50.9 Å². The Bertz CT molecular complexity index is 1440. The number of esters is 1. The highest BCUT2D eigenvalue weighted by Crippen LogP contribution is 2.36. The van der Waals surface area contributed by atoms with Crippen molar-refractivity contribution in [2.45, 2.75) is 36.1 Å². The van der Waals surface area contributed by atoms with Crippen LogP contribution < -0.4 is 4.90 Å². The zero-order valence-corrected chi connectivity index (χ0v) is 22.5. The lowest BCUT2D eigenvalue weighted by Crippen LogP contribution is -2.43. The normalized spacial score (nSPS) is 18.8. The summed E-state index contributed by atoms with van der Waals surface area (Å²) in [5.74, 6) is -1.21. The fourth-order valence-electron chi connectivity index (χ4n) is 4.97. The molecule has 5 rings (SSSR count). The maximum atomic E-state index is 13.8. The van der Waals surface area contributed by atoms with E-state index >= 15 is 0 Å². The van der Waals surface area contributed by atoms with Gasteiger partial charge in [-0.25, -0.2) is 4.21 Å². The highest BCUT2D eigenvalue weighted by molar-refractivity contribution is 7.85. The van der Waals surface area contributed by atoms with Crippen LogP contribution in [-0.4, -0.2) is 46.6 Å². The number of nitrogens with zero attached hydrogens (tertiary/aromatic N) is 2. The number of halogens is 1. The first-order valence-electron chi connectivity index (χ1n) is 12.5. The molecule has 3 aromatic carbocycles. The summed E-state index contributed by atoms with van der Waals surface area (Å²) in [6, 6.07) is 19.0. The van der Waals surface area contributed by atoms with Crippen molar-refractivity contribution < 1.29 is 23.3 Å². The molecule has 2 atom stereocenters. The highest BCUT2D eigenvalue weighted by Gasteiger charge is 2.33. The molecule has 0 spiro atoms. The van der Waals surface area contributed by atoms with E-state index in [1.165, 1.54) is 0 Å². The number of fused-ring (bicyclic) bond motifs is 2. The monoisotopic (exact) mass is 550 g/mol. The van der Waals surface area contributed by atoms with Gasteiger partial charge in [0.2, 0.25) is 0 Å². The van der Waals surface area contributed by atoms with E-state index < -0.39 is 10.8 Å². The summed E-state index contributed by atoms with van der Waals surface area (Å²) in [7, 11) is -1.63. The van der Waals surface area contributed by atoms with Crippen molar-refractivity contribution in [2.75, 3.05) is 24.6 Å². The molecule has 1 fully saturated rings. The molecule has 0 bridgehead atoms. The van der Waals surface area contributed by atoms with E-state index in [-0.39, 0.29) is 36.8 Å². The molecule has 0 radical (unpaired) electrons. The van der Waals surface area contributed by atoms with E-state index in [4.69, 9.17) is 16.3 Å². The smallest absolute Gasteiger partial charge is 0.310 e. The lowest BCUT2D eigenvalue weighted by Gasteiger charge is -2.32. The number of ether oxygens (including phenoxy) is 1. The summed E-state index contributed by atoms with van der Waals surface area (Å²) < 4.78 is 18.8. The fraction of sp³-hybridized carbons (Fsp3) is 0.276. The Morgan fingerprint density at radius 3 is 2.66 bits per heavy atom. The molecule has 0 N–H and O–H groups in total. The number of rotatable bonds is 5. The van der Waals surface area contributed by atoms with Crippen molar-refractivity contribution in [3.63, 3.8) is 0 Å². The van der Waals surface area contributed by atoms with E-state index in [1.807, 2.05) is 12.1 Å². The van der Waals surface area contributed by atoms with E-state index in [9.17, 15) is 18.6 Å². The second-order valence-corrected chi connectivity index (χ2v) is 11.2. The summed E-state index contributed by atoms with van der Waals surface area (Å²) in [6.45, 7) is 3.04. The topological polar surface area (TPSA) is 84.0 Å². The van der Waals surface area contributed by atoms with Crippen LogP contribution in [0, 0.1) is 5.92 Å². The minimum Gasteiger partial charge on any atom is -0.466 e. The summed E-state index contributed by atoms with van der Waals surface area (Å²) >= 11 is 6.21. The Balaban J connectivity index is 1.54. The Morgan fingerprint density at radius 2 is 1.87 bits per heavy atom. The molecule has 1 saturated heterocycles. The van der Waals surface area contributed by atoms with Crippen molar-refractivity contribution in [1.29, 1.82) is 0 Å². The van der Waals surface area contributed by atoms with Crippen LogP contribution in [0.2, 0.25) is 5.02 Å². The average Bonchev–Trinajstić information content (AvgIpc) is 3.02. The highest BCUT2D eigenvalue weighted by atomic mass is 35.5. The van der Waals surface area contributed by atoms with Gasteiger partial charge in [0.25, 0.3) is 11.8 Å². The molecule has 2 heterocycles. The third kappa shape index (κ3) is 5.11. The van der Waals surface area contributed by atoms with Gasteiger partial charge in [-0.2, -0.15) is 0 Å². The Kier molecular flexibility index (Phi) is 7.63. The van der Waals surface area contributed by atoms with Crippen LogP contribution in [0.4, 0.5) is 5.69 Å². The van der Waals surface area contributed by atoms with Gasteiger partial charge in [-0.05, 0) is 67.8 Å². The zero-order chi connectivity index (χ0) is 26.8. The Labute approximate surface area is 228 Å². The van der Waals surface area contributed by atoms with Crippen LogP contribution >= 0.6 is 11.6 Å². The number of hydrogen-bond donors (Lipinski definition) is 0. The van der Waals surface area contributed by atoms with E-state index in [2.05, 4.69) is 0 Å². The molecular weight excluding hydrogens is 524 g/mol. The van der Waals surface area contributed by atoms with Crippen LogP contribution in [0.3, 0.4) is 0 Å². The molecule has 7 nitrogen and oxygen atoms in total. The van der Waals surface area contributed by atoms with E-state index in [0.717, 1.165) is 5.56 Å². The number of piperidine rings is 1. The maximum Gasteiger partial charge on any atom is 0.310 e.